The molecule has 2 aromatic heterocycles. The van der Waals surface area contributed by atoms with Gasteiger partial charge in [-0.1, -0.05) is 18.2 Å². The number of oxazole rings is 2. The lowest BCUT2D eigenvalue weighted by Crippen LogP contribution is -2.30. The van der Waals surface area contributed by atoms with Crippen LogP contribution in [-0.4, -0.2) is 50.7 Å². The van der Waals surface area contributed by atoms with Gasteiger partial charge in [-0.05, 0) is 149 Å². The van der Waals surface area contributed by atoms with Crippen molar-refractivity contribution in [3.8, 4) is 35.0 Å². The average Bonchev–Trinajstić information content (AvgIpc) is 3.89. The van der Waals surface area contributed by atoms with Gasteiger partial charge in [0.15, 0.2) is 0 Å². The normalized spacial score (nSPS) is 17.8. The summed E-state index contributed by atoms with van der Waals surface area (Å²) in [4.78, 5) is 31.9. The van der Waals surface area contributed by atoms with E-state index in [1.54, 1.807) is 60.7 Å². The summed E-state index contributed by atoms with van der Waals surface area (Å²) < 4.78 is 55.0. The van der Waals surface area contributed by atoms with Gasteiger partial charge >= 0.3 is 5.97 Å². The molecule has 2 saturated carbocycles. The minimum absolute atomic E-state index is 0.0580. The highest BCUT2D eigenvalue weighted by Gasteiger charge is 2.27. The standard InChI is InChI=1S/C25H23FN2O4.C17H20FNO3.C8H4ClNO/c1-16-23(28-24(31-16)18-8-10-20(26)11-9-18)15-30-21-6-3-7-22(13-21)32-25(29)19-5-2-4-17(12-19)14-27;1-11-16(10-21-15-4-2-3-14(20)9-15)19-17(22-11)12-5-7-13(18)8-6-12;9-8(11)7-3-1-2-6(4-7)5-10/h2,4-5,8-12,21-22H,3,6-7,13,15H2,1H3;5-8,14-15,20H,2-4,9-10H2,1H3;1-4H. The number of esters is 1. The number of carbonyl (C=O) groups excluding carboxylic acids is 2. The third kappa shape index (κ3) is 14.2. The summed E-state index contributed by atoms with van der Waals surface area (Å²) in [5.41, 5.74) is 4.47. The summed E-state index contributed by atoms with van der Waals surface area (Å²) in [5, 5.41) is 26.6. The van der Waals surface area contributed by atoms with Crippen LogP contribution in [-0.2, 0) is 27.4 Å². The van der Waals surface area contributed by atoms with Crippen molar-refractivity contribution in [2.45, 2.75) is 103 Å². The Kier molecular flexibility index (Phi) is 17.3. The van der Waals surface area contributed by atoms with Gasteiger partial charge in [0.1, 0.15) is 40.6 Å². The fraction of sp³-hybridized carbons (Fsp3) is 0.320. The Morgan fingerprint density at radius 2 is 1.15 bits per heavy atom. The number of aliphatic hydroxyl groups excluding tert-OH is 1. The first kappa shape index (κ1) is 47.9. The van der Waals surface area contributed by atoms with Crippen LogP contribution in [0.4, 0.5) is 8.78 Å². The van der Waals surface area contributed by atoms with Crippen LogP contribution in [0.1, 0.15) is 106 Å². The first-order valence-electron chi connectivity index (χ1n) is 21.1. The molecule has 2 aliphatic rings. The molecule has 0 saturated heterocycles. The first-order chi connectivity index (χ1) is 31.4. The van der Waals surface area contributed by atoms with E-state index in [-0.39, 0.29) is 42.7 Å². The Hall–Kier alpha value is -6.55. The fourth-order valence-electron chi connectivity index (χ4n) is 7.23. The summed E-state index contributed by atoms with van der Waals surface area (Å²) in [7, 11) is 0. The molecule has 0 spiro atoms. The van der Waals surface area contributed by atoms with Crippen molar-refractivity contribution in [3.63, 3.8) is 0 Å². The van der Waals surface area contributed by atoms with Crippen molar-refractivity contribution in [3.05, 3.63) is 154 Å². The number of hydrogen-bond donors (Lipinski definition) is 1. The molecule has 2 heterocycles. The molecule has 4 atom stereocenters. The molecular weight excluding hydrogens is 858 g/mol. The number of aromatic nitrogens is 2. The molecule has 2 fully saturated rings. The molecule has 12 nitrogen and oxygen atoms in total. The van der Waals surface area contributed by atoms with E-state index in [2.05, 4.69) is 9.97 Å². The van der Waals surface area contributed by atoms with Crippen molar-refractivity contribution >= 4 is 22.8 Å². The minimum atomic E-state index is -0.540. The third-order valence-electron chi connectivity index (χ3n) is 10.8. The molecule has 4 unspecified atom stereocenters. The monoisotopic (exact) mass is 904 g/mol. The number of benzene rings is 4. The zero-order valence-electron chi connectivity index (χ0n) is 35.8. The Bertz CT molecular complexity index is 2620. The van der Waals surface area contributed by atoms with Crippen LogP contribution in [0.25, 0.3) is 22.9 Å². The van der Waals surface area contributed by atoms with Crippen LogP contribution in [0.5, 0.6) is 0 Å². The molecule has 2 aliphatic carbocycles. The average molecular weight is 905 g/mol. The van der Waals surface area contributed by atoms with Crippen molar-refractivity contribution in [1.29, 1.82) is 10.5 Å². The number of carbonyl (C=O) groups is 2. The van der Waals surface area contributed by atoms with Crippen LogP contribution in [0.2, 0.25) is 0 Å². The smallest absolute Gasteiger partial charge is 0.338 e. The molecule has 6 aromatic rings. The molecule has 0 bridgehead atoms. The topological polar surface area (TPSA) is 182 Å². The molecule has 0 radical (unpaired) electrons. The highest BCUT2D eigenvalue weighted by atomic mass is 35.5. The van der Waals surface area contributed by atoms with E-state index in [0.29, 0.717) is 76.3 Å². The van der Waals surface area contributed by atoms with Crippen molar-refractivity contribution in [1.82, 2.24) is 9.97 Å². The van der Waals surface area contributed by atoms with Crippen molar-refractivity contribution < 1.29 is 46.5 Å². The number of aryl methyl sites for hydroxylation is 2. The molecule has 336 valence electrons. The second kappa shape index (κ2) is 23.4. The molecule has 65 heavy (non-hydrogen) atoms. The van der Waals surface area contributed by atoms with Crippen LogP contribution in [0.15, 0.2) is 106 Å². The third-order valence-corrected chi connectivity index (χ3v) is 11.0. The minimum Gasteiger partial charge on any atom is -0.459 e. The Morgan fingerprint density at radius 3 is 1.65 bits per heavy atom. The number of rotatable bonds is 11. The fourth-order valence-corrected chi connectivity index (χ4v) is 7.35. The predicted octanol–water partition coefficient (Wildman–Crippen LogP) is 10.9. The van der Waals surface area contributed by atoms with E-state index in [0.717, 1.165) is 49.8 Å². The van der Waals surface area contributed by atoms with Crippen LogP contribution >= 0.6 is 11.6 Å². The molecule has 15 heteroatoms. The molecule has 0 amide bonds. The van der Waals surface area contributed by atoms with E-state index in [4.69, 9.17) is 45.2 Å². The number of halogens is 3. The summed E-state index contributed by atoms with van der Waals surface area (Å²) in [6, 6.07) is 28.7. The van der Waals surface area contributed by atoms with E-state index < -0.39 is 11.2 Å². The maximum absolute atomic E-state index is 13.1. The summed E-state index contributed by atoms with van der Waals surface area (Å²) >= 11 is 5.18. The van der Waals surface area contributed by atoms with Gasteiger partial charge in [-0.15, -0.1) is 0 Å². The zero-order chi connectivity index (χ0) is 46.3. The van der Waals surface area contributed by atoms with E-state index in [9.17, 15) is 23.5 Å². The maximum atomic E-state index is 13.1. The predicted molar refractivity (Wildman–Crippen MR) is 235 cm³/mol. The van der Waals surface area contributed by atoms with Gasteiger partial charge in [-0.2, -0.15) is 10.5 Å². The van der Waals surface area contributed by atoms with E-state index in [1.807, 2.05) is 26.0 Å². The number of aliphatic hydroxyl groups is 1. The molecule has 8 rings (SSSR count). The number of ether oxygens (including phenoxy) is 3. The van der Waals surface area contributed by atoms with Crippen LogP contribution in [0.3, 0.4) is 0 Å². The van der Waals surface area contributed by atoms with Crippen LogP contribution < -0.4 is 0 Å². The largest absolute Gasteiger partial charge is 0.459 e. The van der Waals surface area contributed by atoms with Gasteiger partial charge in [0.25, 0.3) is 5.24 Å². The van der Waals surface area contributed by atoms with Gasteiger partial charge in [0, 0.05) is 23.1 Å². The van der Waals surface area contributed by atoms with Gasteiger partial charge in [0.2, 0.25) is 11.8 Å². The Labute approximate surface area is 380 Å². The lowest BCUT2D eigenvalue weighted by atomic mass is 9.94. The van der Waals surface area contributed by atoms with Crippen molar-refractivity contribution in [2.24, 2.45) is 0 Å². The quantitative estimate of drug-likeness (QED) is 0.0961. The summed E-state index contributed by atoms with van der Waals surface area (Å²) in [6.07, 6.45) is 6.17. The molecular formula is C50H47ClF2N4O8. The van der Waals surface area contributed by atoms with Gasteiger partial charge in [-0.25, -0.2) is 23.5 Å². The van der Waals surface area contributed by atoms with Crippen molar-refractivity contribution in [2.75, 3.05) is 0 Å². The second-order valence-corrected chi connectivity index (χ2v) is 15.9. The van der Waals surface area contributed by atoms with E-state index in [1.165, 1.54) is 36.4 Å². The SMILES string of the molecule is Cc1oc(-c2ccc(F)cc2)nc1COC1CCCC(O)C1.Cc1oc(-c2ccc(F)cc2)nc1COC1CCCC(OC(=O)c2cccc(C#N)c2)C1.N#Cc1cccc(C(=O)Cl)c1. The highest BCUT2D eigenvalue weighted by molar-refractivity contribution is 6.67. The first-order valence-corrected chi connectivity index (χ1v) is 21.5. The Morgan fingerprint density at radius 1 is 0.692 bits per heavy atom. The molecule has 0 aliphatic heterocycles. The van der Waals surface area contributed by atoms with Crippen LogP contribution in [0, 0.1) is 48.1 Å². The lowest BCUT2D eigenvalue weighted by molar-refractivity contribution is -0.0368. The molecule has 1 N–H and O–H groups in total. The number of hydrogen-bond acceptors (Lipinski definition) is 12. The van der Waals surface area contributed by atoms with E-state index >= 15 is 0 Å². The second-order valence-electron chi connectivity index (χ2n) is 15.6. The Balaban J connectivity index is 0.000000182. The lowest BCUT2D eigenvalue weighted by Gasteiger charge is -2.28. The summed E-state index contributed by atoms with van der Waals surface area (Å²) in [5.74, 6) is 1.23. The number of nitrogens with zero attached hydrogens (tertiary/aromatic N) is 4. The van der Waals surface area contributed by atoms with Gasteiger partial charge < -0.3 is 28.2 Å². The number of nitriles is 2. The zero-order valence-corrected chi connectivity index (χ0v) is 36.6. The summed E-state index contributed by atoms with van der Waals surface area (Å²) in [6.45, 7) is 4.31. The van der Waals surface area contributed by atoms with Gasteiger partial charge in [-0.3, -0.25) is 4.79 Å². The van der Waals surface area contributed by atoms with Gasteiger partial charge in [0.05, 0.1) is 60.4 Å². The maximum Gasteiger partial charge on any atom is 0.338 e. The molecule has 4 aromatic carbocycles. The highest BCUT2D eigenvalue weighted by Crippen LogP contribution is 2.29.